The zero-order valence-corrected chi connectivity index (χ0v) is 11.0. The SMILES string of the molecule is O=[N+]([O-])c1cccc(CSc2ncc[nH]2)c1Br. The van der Waals surface area contributed by atoms with Crippen LogP contribution in [0.1, 0.15) is 5.56 Å². The summed E-state index contributed by atoms with van der Waals surface area (Å²) in [5.74, 6) is 0.621. The van der Waals surface area contributed by atoms with E-state index >= 15 is 0 Å². The summed E-state index contributed by atoms with van der Waals surface area (Å²) in [6, 6.07) is 5.01. The van der Waals surface area contributed by atoms with E-state index in [9.17, 15) is 10.1 Å². The Morgan fingerprint density at radius 2 is 2.35 bits per heavy atom. The number of aromatic nitrogens is 2. The lowest BCUT2D eigenvalue weighted by Crippen LogP contribution is -1.92. The Bertz CT molecular complexity index is 530. The van der Waals surface area contributed by atoms with Crippen molar-refractivity contribution in [2.45, 2.75) is 10.9 Å². The van der Waals surface area contributed by atoms with Crippen LogP contribution in [0.4, 0.5) is 5.69 Å². The van der Waals surface area contributed by atoms with Gasteiger partial charge in [0.15, 0.2) is 5.16 Å². The Balaban J connectivity index is 2.16. The number of benzene rings is 1. The summed E-state index contributed by atoms with van der Waals surface area (Å²) < 4.78 is 0.532. The molecular formula is C10H8BrN3O2S. The molecule has 1 aromatic carbocycles. The molecule has 5 nitrogen and oxygen atoms in total. The molecule has 2 aromatic rings. The zero-order chi connectivity index (χ0) is 12.3. The molecular weight excluding hydrogens is 306 g/mol. The fourth-order valence-corrected chi connectivity index (χ4v) is 2.85. The standard InChI is InChI=1S/C10H8BrN3O2S/c11-9-7(2-1-3-8(9)14(15)16)6-17-10-12-4-5-13-10/h1-5H,6H2,(H,12,13). The Kier molecular flexibility index (Phi) is 3.80. The molecule has 0 saturated heterocycles. The molecule has 1 aromatic heterocycles. The maximum Gasteiger partial charge on any atom is 0.283 e. The molecule has 0 radical (unpaired) electrons. The van der Waals surface area contributed by atoms with Gasteiger partial charge in [0.2, 0.25) is 0 Å². The van der Waals surface area contributed by atoms with Gasteiger partial charge in [0.05, 0.1) is 9.40 Å². The molecule has 1 N–H and O–H groups in total. The van der Waals surface area contributed by atoms with Crippen molar-refractivity contribution in [3.63, 3.8) is 0 Å². The van der Waals surface area contributed by atoms with Gasteiger partial charge in [-0.3, -0.25) is 10.1 Å². The first-order valence-electron chi connectivity index (χ1n) is 4.72. The molecule has 0 spiro atoms. The molecule has 0 unspecified atom stereocenters. The smallest absolute Gasteiger partial charge is 0.283 e. The number of nitrogens with one attached hydrogen (secondary N) is 1. The van der Waals surface area contributed by atoms with Gasteiger partial charge in [0, 0.05) is 24.2 Å². The molecule has 88 valence electrons. The van der Waals surface area contributed by atoms with E-state index in [2.05, 4.69) is 25.9 Å². The quantitative estimate of drug-likeness (QED) is 0.533. The van der Waals surface area contributed by atoms with Gasteiger partial charge in [-0.1, -0.05) is 23.9 Å². The molecule has 1 heterocycles. The van der Waals surface area contributed by atoms with E-state index in [0.29, 0.717) is 10.2 Å². The van der Waals surface area contributed by atoms with Gasteiger partial charge in [-0.05, 0) is 21.5 Å². The molecule has 0 aliphatic carbocycles. The van der Waals surface area contributed by atoms with Crippen LogP contribution in [0.5, 0.6) is 0 Å². The topological polar surface area (TPSA) is 71.8 Å². The summed E-state index contributed by atoms with van der Waals surface area (Å²) >= 11 is 4.76. The second-order valence-corrected chi connectivity index (χ2v) is 4.95. The number of rotatable bonds is 4. The van der Waals surface area contributed by atoms with Crippen LogP contribution in [0.2, 0.25) is 0 Å². The molecule has 0 amide bonds. The van der Waals surface area contributed by atoms with Crippen molar-refractivity contribution in [3.8, 4) is 0 Å². The fourth-order valence-electron chi connectivity index (χ4n) is 1.29. The predicted molar refractivity (Wildman–Crippen MR) is 68.9 cm³/mol. The van der Waals surface area contributed by atoms with Crippen molar-refractivity contribution in [3.05, 3.63) is 50.7 Å². The van der Waals surface area contributed by atoms with Crippen molar-refractivity contribution in [1.29, 1.82) is 0 Å². The summed E-state index contributed by atoms with van der Waals surface area (Å²) in [7, 11) is 0. The Labute approximate surface area is 110 Å². The van der Waals surface area contributed by atoms with Crippen molar-refractivity contribution in [2.24, 2.45) is 0 Å². The maximum absolute atomic E-state index is 10.8. The molecule has 0 aliphatic heterocycles. The van der Waals surface area contributed by atoms with E-state index < -0.39 is 4.92 Å². The average molecular weight is 314 g/mol. The van der Waals surface area contributed by atoms with Crippen LogP contribution < -0.4 is 0 Å². The first-order valence-corrected chi connectivity index (χ1v) is 6.50. The summed E-state index contributed by atoms with van der Waals surface area (Å²) in [6.45, 7) is 0. The van der Waals surface area contributed by atoms with E-state index in [4.69, 9.17) is 0 Å². The van der Waals surface area contributed by atoms with Gasteiger partial charge < -0.3 is 4.98 Å². The molecule has 0 aliphatic rings. The van der Waals surface area contributed by atoms with Crippen LogP contribution in [-0.2, 0) is 5.75 Å². The third-order valence-corrected chi connectivity index (χ3v) is 3.96. The summed E-state index contributed by atoms with van der Waals surface area (Å²) in [5, 5.41) is 11.6. The number of aromatic amines is 1. The second kappa shape index (κ2) is 5.33. The van der Waals surface area contributed by atoms with Crippen molar-refractivity contribution >= 4 is 33.4 Å². The molecule has 2 rings (SSSR count). The summed E-state index contributed by atoms with van der Waals surface area (Å²) in [4.78, 5) is 17.4. The van der Waals surface area contributed by atoms with Gasteiger partial charge in [-0.2, -0.15) is 0 Å². The largest absolute Gasteiger partial charge is 0.340 e. The van der Waals surface area contributed by atoms with Gasteiger partial charge in [-0.15, -0.1) is 0 Å². The fraction of sp³-hybridized carbons (Fsp3) is 0.100. The Morgan fingerprint density at radius 1 is 1.53 bits per heavy atom. The van der Waals surface area contributed by atoms with Gasteiger partial charge >= 0.3 is 0 Å². The third kappa shape index (κ3) is 2.86. The lowest BCUT2D eigenvalue weighted by Gasteiger charge is -2.03. The molecule has 0 saturated carbocycles. The Hall–Kier alpha value is -1.34. The van der Waals surface area contributed by atoms with Crippen LogP contribution in [-0.4, -0.2) is 14.9 Å². The second-order valence-electron chi connectivity index (χ2n) is 3.19. The van der Waals surface area contributed by atoms with Gasteiger partial charge in [0.25, 0.3) is 5.69 Å². The number of nitro groups is 1. The maximum atomic E-state index is 10.8. The van der Waals surface area contributed by atoms with Gasteiger partial charge in [-0.25, -0.2) is 4.98 Å². The first kappa shape index (κ1) is 12.1. The minimum Gasteiger partial charge on any atom is -0.340 e. The number of hydrogen-bond acceptors (Lipinski definition) is 4. The van der Waals surface area contributed by atoms with Crippen LogP contribution >= 0.6 is 27.7 Å². The normalized spacial score (nSPS) is 10.4. The lowest BCUT2D eigenvalue weighted by atomic mass is 10.2. The highest BCUT2D eigenvalue weighted by atomic mass is 79.9. The molecule has 0 fully saturated rings. The first-order chi connectivity index (χ1) is 8.18. The number of nitrogens with zero attached hydrogens (tertiary/aromatic N) is 2. The number of halogens is 1. The molecule has 0 bridgehead atoms. The summed E-state index contributed by atoms with van der Waals surface area (Å²) in [6.07, 6.45) is 3.41. The summed E-state index contributed by atoms with van der Waals surface area (Å²) in [5.41, 5.74) is 0.961. The van der Waals surface area contributed by atoms with E-state index in [1.165, 1.54) is 17.8 Å². The van der Waals surface area contributed by atoms with Crippen LogP contribution in [0, 0.1) is 10.1 Å². The van der Waals surface area contributed by atoms with E-state index in [0.717, 1.165) is 10.7 Å². The van der Waals surface area contributed by atoms with Crippen LogP contribution in [0.25, 0.3) is 0 Å². The predicted octanol–water partition coefficient (Wildman–Crippen LogP) is 3.37. The van der Waals surface area contributed by atoms with E-state index in [-0.39, 0.29) is 5.69 Å². The van der Waals surface area contributed by atoms with Gasteiger partial charge in [0.1, 0.15) is 0 Å². The van der Waals surface area contributed by atoms with Crippen molar-refractivity contribution < 1.29 is 4.92 Å². The molecule has 17 heavy (non-hydrogen) atoms. The highest BCUT2D eigenvalue weighted by molar-refractivity contribution is 9.10. The number of imidazole rings is 1. The lowest BCUT2D eigenvalue weighted by molar-refractivity contribution is -0.385. The van der Waals surface area contributed by atoms with Crippen LogP contribution in [0.15, 0.2) is 40.2 Å². The minimum absolute atomic E-state index is 0.0857. The van der Waals surface area contributed by atoms with Crippen LogP contribution in [0.3, 0.4) is 0 Å². The highest BCUT2D eigenvalue weighted by Gasteiger charge is 2.14. The zero-order valence-electron chi connectivity index (χ0n) is 8.59. The van der Waals surface area contributed by atoms with E-state index in [1.54, 1.807) is 18.5 Å². The van der Waals surface area contributed by atoms with Crippen molar-refractivity contribution in [1.82, 2.24) is 9.97 Å². The highest BCUT2D eigenvalue weighted by Crippen LogP contribution is 2.31. The monoisotopic (exact) mass is 313 g/mol. The van der Waals surface area contributed by atoms with E-state index in [1.807, 2.05) is 6.07 Å². The molecule has 0 atom stereocenters. The minimum atomic E-state index is -0.398. The number of thioether (sulfide) groups is 1. The average Bonchev–Trinajstić information content (AvgIpc) is 2.80. The third-order valence-electron chi connectivity index (χ3n) is 2.09. The number of nitro benzene ring substituents is 1. The Morgan fingerprint density at radius 3 is 3.00 bits per heavy atom. The van der Waals surface area contributed by atoms with Crippen molar-refractivity contribution in [2.75, 3.05) is 0 Å². The number of hydrogen-bond donors (Lipinski definition) is 1. The number of H-pyrrole nitrogens is 1. The molecule has 7 heteroatoms.